The van der Waals surface area contributed by atoms with Gasteiger partial charge in [0.15, 0.2) is 0 Å². The number of rotatable bonds is 3. The first kappa shape index (κ1) is 14.5. The highest BCUT2D eigenvalue weighted by molar-refractivity contribution is 7.11. The number of carbonyl (C=O) groups is 1. The zero-order valence-corrected chi connectivity index (χ0v) is 12.6. The highest BCUT2D eigenvalue weighted by atomic mass is 35.5. The van der Waals surface area contributed by atoms with Crippen molar-refractivity contribution in [1.82, 2.24) is 0 Å². The van der Waals surface area contributed by atoms with Crippen molar-refractivity contribution in [3.8, 4) is 0 Å². The van der Waals surface area contributed by atoms with Crippen LogP contribution in [0, 0.1) is 10.1 Å². The van der Waals surface area contributed by atoms with E-state index in [-0.39, 0.29) is 10.7 Å². The topological polar surface area (TPSA) is 69.4 Å². The molecule has 22 heavy (non-hydrogen) atoms. The van der Waals surface area contributed by atoms with Gasteiger partial charge in [-0.15, -0.1) is 11.3 Å². The van der Waals surface area contributed by atoms with Crippen molar-refractivity contribution in [2.75, 3.05) is 0 Å². The number of esters is 1. The molecule has 1 aromatic carbocycles. The fourth-order valence-electron chi connectivity index (χ4n) is 1.97. The smallest absolute Gasteiger partial charge is 0.343 e. The van der Waals surface area contributed by atoms with Gasteiger partial charge in [-0.25, -0.2) is 4.79 Å². The molecule has 0 atom stereocenters. The third-order valence-corrected chi connectivity index (χ3v) is 4.18. The second-order valence-corrected chi connectivity index (χ2v) is 5.80. The van der Waals surface area contributed by atoms with E-state index in [1.807, 2.05) is 17.5 Å². The molecule has 0 aliphatic carbocycles. The van der Waals surface area contributed by atoms with Crippen molar-refractivity contribution in [1.29, 1.82) is 0 Å². The van der Waals surface area contributed by atoms with E-state index in [1.165, 1.54) is 29.5 Å². The summed E-state index contributed by atoms with van der Waals surface area (Å²) in [6.45, 7) is 0. The molecule has 2 aromatic rings. The molecule has 1 aliphatic heterocycles. The number of nitro benzene ring substituents is 1. The van der Waals surface area contributed by atoms with Crippen molar-refractivity contribution < 1.29 is 14.5 Å². The molecule has 0 bridgehead atoms. The lowest BCUT2D eigenvalue weighted by molar-refractivity contribution is -0.384. The maximum Gasteiger partial charge on any atom is 0.343 e. The normalized spacial score (nSPS) is 15.8. The Hall–Kier alpha value is -2.44. The van der Waals surface area contributed by atoms with E-state index in [0.29, 0.717) is 16.9 Å². The summed E-state index contributed by atoms with van der Waals surface area (Å²) in [6, 6.07) is 8.06. The lowest BCUT2D eigenvalue weighted by Gasteiger charge is -1.98. The van der Waals surface area contributed by atoms with Crippen molar-refractivity contribution in [2.45, 2.75) is 0 Å². The first-order chi connectivity index (χ1) is 10.5. The number of benzene rings is 1. The van der Waals surface area contributed by atoms with Crippen molar-refractivity contribution in [2.24, 2.45) is 0 Å². The molecule has 0 saturated heterocycles. The summed E-state index contributed by atoms with van der Waals surface area (Å²) in [4.78, 5) is 23.0. The van der Waals surface area contributed by atoms with Crippen LogP contribution in [0.2, 0.25) is 5.02 Å². The van der Waals surface area contributed by atoms with Crippen LogP contribution < -0.4 is 0 Å². The number of cyclic esters (lactones) is 1. The fourth-order valence-corrected chi connectivity index (χ4v) is 2.83. The van der Waals surface area contributed by atoms with E-state index in [0.717, 1.165) is 4.88 Å². The second kappa shape index (κ2) is 5.75. The van der Waals surface area contributed by atoms with Gasteiger partial charge in [0, 0.05) is 6.07 Å². The van der Waals surface area contributed by atoms with Gasteiger partial charge in [-0.2, -0.15) is 0 Å². The molecule has 0 fully saturated rings. The van der Waals surface area contributed by atoms with Crippen LogP contribution >= 0.6 is 22.9 Å². The Balaban J connectivity index is 1.97. The Labute approximate surface area is 134 Å². The minimum absolute atomic E-state index is 0.0518. The van der Waals surface area contributed by atoms with Crippen LogP contribution in [0.4, 0.5) is 5.69 Å². The summed E-state index contributed by atoms with van der Waals surface area (Å²) in [5, 5.41) is 12.8. The summed E-state index contributed by atoms with van der Waals surface area (Å²) in [5.74, 6) is -0.00397. The minimum Gasteiger partial charge on any atom is -0.421 e. The highest BCUT2D eigenvalue weighted by Gasteiger charge is 2.23. The van der Waals surface area contributed by atoms with Gasteiger partial charge in [-0.3, -0.25) is 10.1 Å². The van der Waals surface area contributed by atoms with Gasteiger partial charge < -0.3 is 4.74 Å². The van der Waals surface area contributed by atoms with Gasteiger partial charge >= 0.3 is 5.97 Å². The number of halogens is 1. The van der Waals surface area contributed by atoms with Crippen LogP contribution in [0.25, 0.3) is 11.8 Å². The van der Waals surface area contributed by atoms with Crippen molar-refractivity contribution in [3.05, 3.63) is 72.9 Å². The summed E-state index contributed by atoms with van der Waals surface area (Å²) >= 11 is 7.22. The number of thiophene rings is 1. The van der Waals surface area contributed by atoms with E-state index in [4.69, 9.17) is 16.3 Å². The molecule has 1 aliphatic rings. The van der Waals surface area contributed by atoms with E-state index >= 15 is 0 Å². The molecule has 0 N–H and O–H groups in total. The molecule has 110 valence electrons. The molecule has 0 unspecified atom stereocenters. The number of nitrogens with zero attached hydrogens (tertiary/aromatic N) is 1. The van der Waals surface area contributed by atoms with Gasteiger partial charge in [0.25, 0.3) is 5.69 Å². The average Bonchev–Trinajstić information content (AvgIpc) is 3.11. The summed E-state index contributed by atoms with van der Waals surface area (Å²) in [6.07, 6.45) is 3.15. The van der Waals surface area contributed by atoms with E-state index in [2.05, 4.69) is 0 Å². The first-order valence-electron chi connectivity index (χ1n) is 6.18. The van der Waals surface area contributed by atoms with Crippen LogP contribution in [-0.2, 0) is 9.53 Å². The van der Waals surface area contributed by atoms with Gasteiger partial charge in [0.2, 0.25) is 0 Å². The molecule has 7 heteroatoms. The Morgan fingerprint density at radius 3 is 2.82 bits per heavy atom. The molecule has 2 heterocycles. The second-order valence-electron chi connectivity index (χ2n) is 4.44. The standard InChI is InChI=1S/C15H8ClNO4S/c16-11-4-3-9(7-12(11)17(19)20)6-10-8-13(21-15(10)18)14-2-1-5-22-14/h1-8H. The minimum atomic E-state index is -0.565. The number of nitro groups is 1. The van der Waals surface area contributed by atoms with Crippen LogP contribution in [0.5, 0.6) is 0 Å². The quantitative estimate of drug-likeness (QED) is 0.363. The molecule has 1 aromatic heterocycles. The third-order valence-electron chi connectivity index (χ3n) is 2.98. The van der Waals surface area contributed by atoms with Gasteiger partial charge in [-0.05, 0) is 35.2 Å². The Bertz CT molecular complexity index is 824. The Morgan fingerprint density at radius 1 is 1.32 bits per heavy atom. The number of hydrogen-bond acceptors (Lipinski definition) is 5. The monoisotopic (exact) mass is 333 g/mol. The van der Waals surface area contributed by atoms with E-state index in [9.17, 15) is 14.9 Å². The first-order valence-corrected chi connectivity index (χ1v) is 7.44. The molecule has 5 nitrogen and oxygen atoms in total. The third kappa shape index (κ3) is 2.79. The summed E-state index contributed by atoms with van der Waals surface area (Å²) < 4.78 is 5.20. The molecule has 0 spiro atoms. The maximum absolute atomic E-state index is 11.9. The van der Waals surface area contributed by atoms with Gasteiger partial charge in [0.05, 0.1) is 15.4 Å². The van der Waals surface area contributed by atoms with Gasteiger partial charge in [-0.1, -0.05) is 23.7 Å². The highest BCUT2D eigenvalue weighted by Crippen LogP contribution is 2.31. The largest absolute Gasteiger partial charge is 0.421 e. The average molecular weight is 334 g/mol. The molecular formula is C15H8ClNO4S. The molecule has 3 rings (SSSR count). The van der Waals surface area contributed by atoms with Gasteiger partial charge in [0.1, 0.15) is 10.8 Å². The number of hydrogen-bond donors (Lipinski definition) is 0. The van der Waals surface area contributed by atoms with Crippen LogP contribution in [0.3, 0.4) is 0 Å². The lowest BCUT2D eigenvalue weighted by atomic mass is 10.1. The molecule has 0 radical (unpaired) electrons. The van der Waals surface area contributed by atoms with Crippen LogP contribution in [0.15, 0.2) is 47.4 Å². The summed E-state index contributed by atoms with van der Waals surface area (Å²) in [7, 11) is 0. The van der Waals surface area contributed by atoms with E-state index < -0.39 is 10.9 Å². The predicted molar refractivity (Wildman–Crippen MR) is 84.5 cm³/mol. The molecule has 0 amide bonds. The summed E-state index contributed by atoms with van der Waals surface area (Å²) in [5.41, 5.74) is 0.636. The predicted octanol–water partition coefficient (Wildman–Crippen LogP) is 4.29. The SMILES string of the molecule is O=C1OC(c2cccs2)=CC1=Cc1ccc(Cl)c([N+](=O)[O-])c1. The molecular weight excluding hydrogens is 326 g/mol. The van der Waals surface area contributed by atoms with Crippen LogP contribution in [0.1, 0.15) is 10.4 Å². The maximum atomic E-state index is 11.9. The van der Waals surface area contributed by atoms with E-state index in [1.54, 1.807) is 12.1 Å². The lowest BCUT2D eigenvalue weighted by Crippen LogP contribution is -1.97. The zero-order valence-electron chi connectivity index (χ0n) is 11.0. The number of carbonyl (C=O) groups excluding carboxylic acids is 1. The zero-order chi connectivity index (χ0) is 15.7. The fraction of sp³-hybridized carbons (Fsp3) is 0. The van der Waals surface area contributed by atoms with Crippen molar-refractivity contribution in [3.63, 3.8) is 0 Å². The number of ether oxygens (including phenoxy) is 1. The molecule has 0 saturated carbocycles. The Morgan fingerprint density at radius 2 is 2.14 bits per heavy atom. The Kier molecular flexibility index (Phi) is 3.79. The van der Waals surface area contributed by atoms with Crippen molar-refractivity contribution >= 4 is 46.4 Å². The van der Waals surface area contributed by atoms with Crippen LogP contribution in [-0.4, -0.2) is 10.9 Å².